The molecule has 3 nitrogen and oxygen atoms in total. The van der Waals surface area contributed by atoms with Gasteiger partial charge in [0.1, 0.15) is 5.82 Å². The maximum Gasteiger partial charge on any atom is 0.141 e. The average molecular weight is 291 g/mol. The van der Waals surface area contributed by atoms with Crippen LogP contribution in [0.2, 0.25) is 0 Å². The van der Waals surface area contributed by atoms with E-state index in [2.05, 4.69) is 27.2 Å². The maximum absolute atomic E-state index is 12.8. The van der Waals surface area contributed by atoms with Crippen LogP contribution in [-0.2, 0) is 12.0 Å². The molecule has 1 aliphatic heterocycles. The first-order chi connectivity index (χ1) is 9.66. The van der Waals surface area contributed by atoms with E-state index in [0.29, 0.717) is 0 Å². The van der Waals surface area contributed by atoms with E-state index in [1.807, 2.05) is 6.20 Å². The van der Waals surface area contributed by atoms with Gasteiger partial charge < -0.3 is 0 Å². The van der Waals surface area contributed by atoms with Gasteiger partial charge in [-0.05, 0) is 38.1 Å². The molecule has 0 spiro atoms. The Morgan fingerprint density at radius 3 is 2.70 bits per heavy atom. The van der Waals surface area contributed by atoms with Crippen molar-refractivity contribution in [1.29, 1.82) is 0 Å². The highest BCUT2D eigenvalue weighted by Crippen LogP contribution is 2.36. The molecule has 3 heterocycles. The molecule has 2 aromatic heterocycles. The van der Waals surface area contributed by atoms with Crippen molar-refractivity contribution in [3.8, 4) is 0 Å². The zero-order valence-corrected chi connectivity index (χ0v) is 12.4. The largest absolute Gasteiger partial charge is 0.297 e. The Morgan fingerprint density at radius 2 is 2.10 bits per heavy atom. The molecular formula is C15H18FN3S. The van der Waals surface area contributed by atoms with Crippen molar-refractivity contribution in [2.24, 2.45) is 0 Å². The molecule has 0 aliphatic carbocycles. The van der Waals surface area contributed by atoms with Crippen molar-refractivity contribution in [2.75, 3.05) is 13.1 Å². The second kappa shape index (κ2) is 5.58. The van der Waals surface area contributed by atoms with E-state index in [1.165, 1.54) is 17.3 Å². The number of halogens is 1. The number of thiazole rings is 1. The van der Waals surface area contributed by atoms with Gasteiger partial charge in [0.2, 0.25) is 0 Å². The molecule has 5 heteroatoms. The van der Waals surface area contributed by atoms with E-state index >= 15 is 0 Å². The lowest BCUT2D eigenvalue weighted by Gasteiger charge is -2.38. The Labute approximate surface area is 122 Å². The highest BCUT2D eigenvalue weighted by Gasteiger charge is 2.33. The summed E-state index contributed by atoms with van der Waals surface area (Å²) in [6.07, 6.45) is 5.41. The summed E-state index contributed by atoms with van der Waals surface area (Å²) in [5.74, 6) is -0.274. The van der Waals surface area contributed by atoms with Crippen molar-refractivity contribution >= 4 is 11.3 Å². The predicted molar refractivity (Wildman–Crippen MR) is 78.2 cm³/mol. The SMILES string of the molecule is CC1(c2nccs2)CCN(Cc2ccc(F)cn2)CC1. The molecule has 1 aliphatic rings. The van der Waals surface area contributed by atoms with Crippen molar-refractivity contribution in [3.63, 3.8) is 0 Å². The monoisotopic (exact) mass is 291 g/mol. The molecular weight excluding hydrogens is 273 g/mol. The van der Waals surface area contributed by atoms with Gasteiger partial charge in [-0.25, -0.2) is 9.37 Å². The first kappa shape index (κ1) is 13.6. The van der Waals surface area contributed by atoms with Gasteiger partial charge in [-0.1, -0.05) is 6.92 Å². The van der Waals surface area contributed by atoms with Gasteiger partial charge in [-0.3, -0.25) is 9.88 Å². The molecule has 0 radical (unpaired) electrons. The average Bonchev–Trinajstić information content (AvgIpc) is 2.99. The lowest BCUT2D eigenvalue weighted by Crippen LogP contribution is -2.40. The first-order valence-corrected chi connectivity index (χ1v) is 7.76. The Bertz CT molecular complexity index is 545. The fourth-order valence-electron chi connectivity index (χ4n) is 2.67. The quantitative estimate of drug-likeness (QED) is 0.869. The number of pyridine rings is 1. The van der Waals surface area contributed by atoms with Crippen LogP contribution in [0.25, 0.3) is 0 Å². The molecule has 0 bridgehead atoms. The van der Waals surface area contributed by atoms with E-state index in [-0.39, 0.29) is 11.2 Å². The van der Waals surface area contributed by atoms with Crippen LogP contribution in [0.5, 0.6) is 0 Å². The molecule has 0 amide bonds. The molecule has 0 unspecified atom stereocenters. The Morgan fingerprint density at radius 1 is 1.30 bits per heavy atom. The van der Waals surface area contributed by atoms with E-state index < -0.39 is 0 Å². The van der Waals surface area contributed by atoms with Crippen LogP contribution >= 0.6 is 11.3 Å². The fraction of sp³-hybridized carbons (Fsp3) is 0.467. The third-order valence-corrected chi connectivity index (χ3v) is 5.16. The molecule has 0 atom stereocenters. The van der Waals surface area contributed by atoms with Gasteiger partial charge in [0.15, 0.2) is 0 Å². The molecule has 20 heavy (non-hydrogen) atoms. The van der Waals surface area contributed by atoms with E-state index in [0.717, 1.165) is 38.2 Å². The zero-order valence-electron chi connectivity index (χ0n) is 11.6. The fourth-order valence-corrected chi connectivity index (χ4v) is 3.53. The second-order valence-electron chi connectivity index (χ2n) is 5.64. The van der Waals surface area contributed by atoms with Gasteiger partial charge in [0.05, 0.1) is 16.9 Å². The van der Waals surface area contributed by atoms with Crippen LogP contribution in [0.3, 0.4) is 0 Å². The van der Waals surface area contributed by atoms with Crippen LogP contribution in [-0.4, -0.2) is 28.0 Å². The van der Waals surface area contributed by atoms with Crippen molar-refractivity contribution in [3.05, 3.63) is 46.4 Å². The van der Waals surface area contributed by atoms with Crippen LogP contribution in [0.1, 0.15) is 30.5 Å². The van der Waals surface area contributed by atoms with E-state index in [4.69, 9.17) is 0 Å². The minimum atomic E-state index is -0.274. The molecule has 0 saturated carbocycles. The summed E-state index contributed by atoms with van der Waals surface area (Å²) >= 11 is 1.75. The van der Waals surface area contributed by atoms with Crippen LogP contribution in [0.4, 0.5) is 4.39 Å². The second-order valence-corrected chi connectivity index (χ2v) is 6.54. The Balaban J connectivity index is 1.60. The Hall–Kier alpha value is -1.33. The van der Waals surface area contributed by atoms with Crippen molar-refractivity contribution < 1.29 is 4.39 Å². The minimum Gasteiger partial charge on any atom is -0.297 e. The molecule has 106 valence electrons. The van der Waals surface area contributed by atoms with Crippen molar-refractivity contribution in [1.82, 2.24) is 14.9 Å². The van der Waals surface area contributed by atoms with E-state index in [9.17, 15) is 4.39 Å². The van der Waals surface area contributed by atoms with Gasteiger partial charge >= 0.3 is 0 Å². The summed E-state index contributed by atoms with van der Waals surface area (Å²) in [6.45, 7) is 5.18. The third kappa shape index (κ3) is 2.88. The van der Waals surface area contributed by atoms with Gasteiger partial charge in [-0.15, -0.1) is 11.3 Å². The van der Waals surface area contributed by atoms with Crippen LogP contribution in [0, 0.1) is 5.82 Å². The lowest BCUT2D eigenvalue weighted by molar-refractivity contribution is 0.160. The molecule has 1 saturated heterocycles. The number of likely N-dealkylation sites (tertiary alicyclic amines) is 1. The summed E-state index contributed by atoms with van der Waals surface area (Å²) < 4.78 is 12.8. The van der Waals surface area contributed by atoms with Gasteiger partial charge in [0, 0.05) is 23.5 Å². The maximum atomic E-state index is 12.8. The number of piperidine rings is 1. The minimum absolute atomic E-state index is 0.209. The van der Waals surface area contributed by atoms with Crippen LogP contribution < -0.4 is 0 Å². The molecule has 1 fully saturated rings. The van der Waals surface area contributed by atoms with Crippen molar-refractivity contribution in [2.45, 2.75) is 31.7 Å². The highest BCUT2D eigenvalue weighted by atomic mass is 32.1. The number of aromatic nitrogens is 2. The number of hydrogen-bond acceptors (Lipinski definition) is 4. The van der Waals surface area contributed by atoms with Gasteiger partial charge in [0.25, 0.3) is 0 Å². The first-order valence-electron chi connectivity index (χ1n) is 6.88. The summed E-state index contributed by atoms with van der Waals surface area (Å²) in [5.41, 5.74) is 1.14. The molecule has 3 rings (SSSR count). The predicted octanol–water partition coefficient (Wildman–Crippen LogP) is 3.23. The summed E-state index contributed by atoms with van der Waals surface area (Å²) in [4.78, 5) is 11.0. The zero-order chi connectivity index (χ0) is 14.0. The summed E-state index contributed by atoms with van der Waals surface area (Å²) in [6, 6.07) is 3.25. The van der Waals surface area contributed by atoms with Crippen LogP contribution in [0.15, 0.2) is 29.9 Å². The molecule has 2 aromatic rings. The third-order valence-electron chi connectivity index (χ3n) is 4.08. The Kier molecular flexibility index (Phi) is 3.81. The highest BCUT2D eigenvalue weighted by molar-refractivity contribution is 7.09. The normalized spacial score (nSPS) is 19.1. The number of nitrogens with zero attached hydrogens (tertiary/aromatic N) is 3. The molecule has 0 aromatic carbocycles. The topological polar surface area (TPSA) is 29.0 Å². The number of rotatable bonds is 3. The van der Waals surface area contributed by atoms with Gasteiger partial charge in [-0.2, -0.15) is 0 Å². The number of hydrogen-bond donors (Lipinski definition) is 0. The summed E-state index contributed by atoms with van der Waals surface area (Å²) in [7, 11) is 0. The van der Waals surface area contributed by atoms with E-state index in [1.54, 1.807) is 17.4 Å². The lowest BCUT2D eigenvalue weighted by atomic mass is 9.81. The smallest absolute Gasteiger partial charge is 0.141 e. The standard InChI is InChI=1S/C15H18FN3S/c1-15(14-17-6-9-20-14)4-7-19(8-5-15)11-13-3-2-12(16)10-18-13/h2-3,6,9-10H,4-5,7-8,11H2,1H3. The summed E-state index contributed by atoms with van der Waals surface area (Å²) in [5, 5.41) is 3.30. The molecule has 0 N–H and O–H groups in total.